The minimum atomic E-state index is 0.0741. The number of nitrogens with zero attached hydrogens (tertiary/aromatic N) is 1. The number of amides is 1. The Morgan fingerprint density at radius 3 is 2.52 bits per heavy atom. The van der Waals surface area contributed by atoms with Crippen LogP contribution in [0.15, 0.2) is 36.9 Å². The maximum atomic E-state index is 12.7. The third-order valence-electron chi connectivity index (χ3n) is 5.73. The van der Waals surface area contributed by atoms with Crippen LogP contribution in [0.4, 0.5) is 0 Å². The van der Waals surface area contributed by atoms with Gasteiger partial charge in [0.25, 0.3) is 5.91 Å². The normalized spacial score (nSPS) is 19.1. The highest BCUT2D eigenvalue weighted by Crippen LogP contribution is 2.26. The summed E-state index contributed by atoms with van der Waals surface area (Å²) in [6, 6.07) is 7.44. The van der Waals surface area contributed by atoms with Crippen molar-refractivity contribution in [1.82, 2.24) is 10.2 Å². The molecule has 1 aromatic rings. The largest absolute Gasteiger partial charge is 0.378 e. The van der Waals surface area contributed by atoms with E-state index in [9.17, 15) is 4.79 Å². The molecule has 162 valence electrons. The third-order valence-corrected chi connectivity index (χ3v) is 5.98. The Bertz CT molecular complexity index is 597. The molecule has 0 radical (unpaired) electrons. The van der Waals surface area contributed by atoms with Crippen molar-refractivity contribution in [2.24, 2.45) is 0 Å². The van der Waals surface area contributed by atoms with Crippen LogP contribution in [0.2, 0.25) is 5.02 Å². The number of unbranched alkanes of at least 4 members (excludes halogenated alkanes) is 3. The first-order chi connectivity index (χ1) is 14.1. The molecule has 1 saturated carbocycles. The van der Waals surface area contributed by atoms with Crippen molar-refractivity contribution in [1.29, 1.82) is 0 Å². The second kappa shape index (κ2) is 13.8. The molecule has 0 saturated heterocycles. The van der Waals surface area contributed by atoms with Gasteiger partial charge in [0.05, 0.1) is 6.10 Å². The fourth-order valence-corrected chi connectivity index (χ4v) is 3.97. The van der Waals surface area contributed by atoms with Gasteiger partial charge >= 0.3 is 0 Å². The molecule has 0 atom stereocenters. The van der Waals surface area contributed by atoms with Crippen LogP contribution in [0.5, 0.6) is 0 Å². The van der Waals surface area contributed by atoms with E-state index in [1.54, 1.807) is 24.3 Å². The molecule has 1 fully saturated rings. The smallest absolute Gasteiger partial charge is 0.253 e. The van der Waals surface area contributed by atoms with Gasteiger partial charge in [-0.3, -0.25) is 4.79 Å². The second-order valence-electron chi connectivity index (χ2n) is 7.97. The number of halogens is 1. The first-order valence-electron chi connectivity index (χ1n) is 11.1. The van der Waals surface area contributed by atoms with Gasteiger partial charge in [0.2, 0.25) is 0 Å². The molecule has 1 aromatic carbocycles. The molecule has 0 aliphatic heterocycles. The van der Waals surface area contributed by atoms with Crippen molar-refractivity contribution in [3.63, 3.8) is 0 Å². The lowest BCUT2D eigenvalue weighted by Gasteiger charge is -2.34. The third kappa shape index (κ3) is 8.90. The predicted octanol–water partition coefficient (Wildman–Crippen LogP) is 5.47. The number of carbonyl (C=O) groups excluding carboxylic acids is 1. The fourth-order valence-electron chi connectivity index (χ4n) is 3.85. The average Bonchev–Trinajstić information content (AvgIpc) is 2.75. The molecular formula is C24H37ClN2O2. The van der Waals surface area contributed by atoms with Crippen LogP contribution < -0.4 is 5.32 Å². The first-order valence-corrected chi connectivity index (χ1v) is 11.5. The highest BCUT2D eigenvalue weighted by Gasteiger charge is 2.27. The Morgan fingerprint density at radius 1 is 1.14 bits per heavy atom. The summed E-state index contributed by atoms with van der Waals surface area (Å²) in [5.74, 6) is 0.0741. The Hall–Kier alpha value is -1.36. The molecule has 2 rings (SSSR count). The van der Waals surface area contributed by atoms with E-state index >= 15 is 0 Å². The van der Waals surface area contributed by atoms with Crippen molar-refractivity contribution in [2.75, 3.05) is 26.7 Å². The van der Waals surface area contributed by atoms with Gasteiger partial charge in [0.1, 0.15) is 0 Å². The van der Waals surface area contributed by atoms with Crippen LogP contribution in [0, 0.1) is 0 Å². The van der Waals surface area contributed by atoms with Crippen LogP contribution >= 0.6 is 11.6 Å². The number of ether oxygens (including phenoxy) is 1. The number of benzene rings is 1. The summed E-state index contributed by atoms with van der Waals surface area (Å²) >= 11 is 5.92. The van der Waals surface area contributed by atoms with Gasteiger partial charge in [-0.05, 0) is 82.3 Å². The SMILES string of the molecule is C=CCCNCCCCCCOC1CCC(N(C)C(=O)c2ccc(Cl)cc2)CC1. The highest BCUT2D eigenvalue weighted by atomic mass is 35.5. The Balaban J connectivity index is 1.54. The summed E-state index contributed by atoms with van der Waals surface area (Å²) < 4.78 is 6.08. The summed E-state index contributed by atoms with van der Waals surface area (Å²) in [4.78, 5) is 14.5. The number of carbonyl (C=O) groups is 1. The highest BCUT2D eigenvalue weighted by molar-refractivity contribution is 6.30. The number of hydrogen-bond donors (Lipinski definition) is 1. The van der Waals surface area contributed by atoms with E-state index in [0.717, 1.165) is 58.2 Å². The number of nitrogens with one attached hydrogen (secondary N) is 1. The molecule has 5 heteroatoms. The van der Waals surface area contributed by atoms with Gasteiger partial charge in [0.15, 0.2) is 0 Å². The van der Waals surface area contributed by atoms with Crippen molar-refractivity contribution in [2.45, 2.75) is 69.9 Å². The van der Waals surface area contributed by atoms with Crippen molar-refractivity contribution >= 4 is 17.5 Å². The van der Waals surface area contributed by atoms with E-state index < -0.39 is 0 Å². The van der Waals surface area contributed by atoms with Gasteiger partial charge in [-0.15, -0.1) is 6.58 Å². The van der Waals surface area contributed by atoms with Gasteiger partial charge < -0.3 is 15.0 Å². The molecule has 29 heavy (non-hydrogen) atoms. The Labute approximate surface area is 181 Å². The second-order valence-corrected chi connectivity index (χ2v) is 8.40. The maximum absolute atomic E-state index is 12.7. The van der Waals surface area contributed by atoms with Crippen molar-refractivity contribution < 1.29 is 9.53 Å². The lowest BCUT2D eigenvalue weighted by Crippen LogP contribution is -2.40. The Kier molecular flexibility index (Phi) is 11.4. The quantitative estimate of drug-likeness (QED) is 0.340. The van der Waals surface area contributed by atoms with Crippen LogP contribution in [0.25, 0.3) is 0 Å². The summed E-state index contributed by atoms with van der Waals surface area (Å²) in [5, 5.41) is 4.08. The molecule has 0 heterocycles. The molecule has 0 bridgehead atoms. The molecule has 1 amide bonds. The van der Waals surface area contributed by atoms with E-state index in [-0.39, 0.29) is 5.91 Å². The molecule has 4 nitrogen and oxygen atoms in total. The summed E-state index contributed by atoms with van der Waals surface area (Å²) in [6.45, 7) is 6.72. The van der Waals surface area contributed by atoms with E-state index in [2.05, 4.69) is 11.9 Å². The monoisotopic (exact) mass is 420 g/mol. The number of hydrogen-bond acceptors (Lipinski definition) is 3. The van der Waals surface area contributed by atoms with Crippen molar-refractivity contribution in [3.05, 3.63) is 47.5 Å². The molecule has 0 unspecified atom stereocenters. The fraction of sp³-hybridized carbons (Fsp3) is 0.625. The first kappa shape index (κ1) is 23.9. The summed E-state index contributed by atoms with van der Waals surface area (Å²) in [5.41, 5.74) is 0.700. The van der Waals surface area contributed by atoms with Crippen LogP contribution in [0.3, 0.4) is 0 Å². The lowest BCUT2D eigenvalue weighted by molar-refractivity contribution is 0.00911. The van der Waals surface area contributed by atoms with Gasteiger partial charge in [-0.25, -0.2) is 0 Å². The molecule has 1 N–H and O–H groups in total. The van der Waals surface area contributed by atoms with Crippen LogP contribution in [-0.2, 0) is 4.74 Å². The van der Waals surface area contributed by atoms with Gasteiger partial charge in [0, 0.05) is 30.3 Å². The Morgan fingerprint density at radius 2 is 1.83 bits per heavy atom. The summed E-state index contributed by atoms with van der Waals surface area (Å²) in [7, 11) is 1.91. The van der Waals surface area contributed by atoms with E-state index in [1.807, 2.05) is 18.0 Å². The number of rotatable bonds is 13. The molecule has 1 aliphatic rings. The molecule has 0 aromatic heterocycles. The topological polar surface area (TPSA) is 41.6 Å². The molecule has 1 aliphatic carbocycles. The average molecular weight is 421 g/mol. The van der Waals surface area contributed by atoms with E-state index in [4.69, 9.17) is 16.3 Å². The zero-order valence-corrected chi connectivity index (χ0v) is 18.6. The van der Waals surface area contributed by atoms with Crippen LogP contribution in [0.1, 0.15) is 68.1 Å². The van der Waals surface area contributed by atoms with Gasteiger partial charge in [-0.1, -0.05) is 30.5 Å². The molecular weight excluding hydrogens is 384 g/mol. The predicted molar refractivity (Wildman–Crippen MR) is 122 cm³/mol. The van der Waals surface area contributed by atoms with E-state index in [1.165, 1.54) is 19.3 Å². The van der Waals surface area contributed by atoms with Gasteiger partial charge in [-0.2, -0.15) is 0 Å². The minimum Gasteiger partial charge on any atom is -0.378 e. The minimum absolute atomic E-state index is 0.0741. The molecule has 0 spiro atoms. The maximum Gasteiger partial charge on any atom is 0.253 e. The summed E-state index contributed by atoms with van der Waals surface area (Å²) in [6.07, 6.45) is 12.3. The standard InChI is InChI=1S/C24H37ClN2O2/c1-3-4-17-26-18-7-5-6-8-19-29-23-15-13-22(14-16-23)27(2)24(28)20-9-11-21(25)12-10-20/h3,9-12,22-23,26H,1,4-8,13-19H2,2H3. The van der Waals surface area contributed by atoms with Crippen LogP contribution in [-0.4, -0.2) is 49.7 Å². The lowest BCUT2D eigenvalue weighted by atomic mass is 9.91. The van der Waals surface area contributed by atoms with Crippen molar-refractivity contribution in [3.8, 4) is 0 Å². The zero-order chi connectivity index (χ0) is 20.9. The zero-order valence-electron chi connectivity index (χ0n) is 17.9. The van der Waals surface area contributed by atoms with E-state index in [0.29, 0.717) is 22.7 Å².